The molecule has 0 saturated carbocycles. The Hall–Kier alpha value is -9.14. The first-order valence-corrected chi connectivity index (χ1v) is 22.2. The van der Waals surface area contributed by atoms with Gasteiger partial charge in [0.15, 0.2) is 17.5 Å². The Kier molecular flexibility index (Phi) is 9.87. The van der Waals surface area contributed by atoms with E-state index in [9.17, 15) is 0 Å². The summed E-state index contributed by atoms with van der Waals surface area (Å²) in [5, 5.41) is 5.25. The quantitative estimate of drug-likeness (QED) is 0.147. The van der Waals surface area contributed by atoms with E-state index in [0.29, 0.717) is 23.3 Å². The maximum Gasteiger partial charge on any atom is 0.272 e. The van der Waals surface area contributed by atoms with Crippen molar-refractivity contribution in [2.75, 3.05) is 0 Å². The zero-order valence-electron chi connectivity index (χ0n) is 36.4. The lowest BCUT2D eigenvalue weighted by molar-refractivity contribution is -0.477. The Morgan fingerprint density at radius 3 is 1.69 bits per heavy atom. The van der Waals surface area contributed by atoms with Gasteiger partial charge in [-0.15, -0.1) is 15.0 Å². The fraction of sp³-hybridized carbons (Fsp3) is 0.0169. The molecule has 0 N–H and O–H groups in total. The van der Waals surface area contributed by atoms with E-state index in [-0.39, 0.29) is 0 Å². The van der Waals surface area contributed by atoms with Gasteiger partial charge in [0.25, 0.3) is 5.82 Å². The molecule has 12 aromatic rings. The minimum atomic E-state index is 0.576. The molecule has 0 aliphatic carbocycles. The van der Waals surface area contributed by atoms with Crippen molar-refractivity contribution in [1.82, 2.24) is 34.9 Å². The zero-order chi connectivity index (χ0) is 44.7. The van der Waals surface area contributed by atoms with Crippen LogP contribution in [0.4, 0.5) is 0 Å². The highest BCUT2D eigenvalue weighted by molar-refractivity contribution is 6.08. The third-order valence-corrected chi connectivity index (χ3v) is 12.1. The number of nitrogens with zero attached hydrogens (tertiary/aromatic N) is 8. The van der Waals surface area contributed by atoms with Gasteiger partial charge in [0.05, 0.1) is 11.4 Å². The number of aromatic nitrogens is 8. The van der Waals surface area contributed by atoms with Crippen molar-refractivity contribution in [2.45, 2.75) is 6.92 Å². The van der Waals surface area contributed by atoms with Crippen LogP contribution in [-0.4, -0.2) is 34.9 Å². The lowest BCUT2D eigenvalue weighted by Crippen LogP contribution is -2.29. The summed E-state index contributed by atoms with van der Waals surface area (Å²) in [6.07, 6.45) is 1.81. The monoisotopic (exact) mass is 859 g/mol. The van der Waals surface area contributed by atoms with Gasteiger partial charge in [0.1, 0.15) is 0 Å². The Morgan fingerprint density at radius 2 is 0.940 bits per heavy atom. The van der Waals surface area contributed by atoms with Crippen LogP contribution < -0.4 is 4.40 Å². The summed E-state index contributed by atoms with van der Waals surface area (Å²) >= 11 is 0. The molecule has 0 unspecified atom stereocenters. The molecule has 314 valence electrons. The second-order valence-electron chi connectivity index (χ2n) is 16.5. The van der Waals surface area contributed by atoms with Crippen molar-refractivity contribution >= 4 is 38.2 Å². The summed E-state index contributed by atoms with van der Waals surface area (Å²) in [5.74, 6) is 3.15. The summed E-state index contributed by atoms with van der Waals surface area (Å²) in [6.45, 7) is 2.05. The Balaban J connectivity index is 1.06. The van der Waals surface area contributed by atoms with Gasteiger partial charge in [0.2, 0.25) is 17.1 Å². The van der Waals surface area contributed by atoms with Crippen molar-refractivity contribution < 1.29 is 4.40 Å². The third kappa shape index (κ3) is 7.52. The predicted octanol–water partition coefficient (Wildman–Crippen LogP) is 13.2. The van der Waals surface area contributed by atoms with Gasteiger partial charge in [-0.3, -0.25) is 4.98 Å². The minimum Gasteiger partial charge on any atom is -0.256 e. The van der Waals surface area contributed by atoms with Gasteiger partial charge in [-0.1, -0.05) is 140 Å². The van der Waals surface area contributed by atoms with Gasteiger partial charge >= 0.3 is 0 Å². The molecule has 0 aliphatic heterocycles. The fourth-order valence-electron chi connectivity index (χ4n) is 8.90. The van der Waals surface area contributed by atoms with Crippen LogP contribution in [0, 0.1) is 6.92 Å². The number of rotatable bonds is 7. The van der Waals surface area contributed by atoms with Gasteiger partial charge in [-0.25, -0.2) is 15.0 Å². The second-order valence-corrected chi connectivity index (χ2v) is 16.5. The molecule has 8 heteroatoms. The highest BCUT2D eigenvalue weighted by Crippen LogP contribution is 2.35. The molecule has 0 radical (unpaired) electrons. The molecule has 0 saturated heterocycles. The second kappa shape index (κ2) is 16.8. The van der Waals surface area contributed by atoms with Crippen molar-refractivity contribution in [3.05, 3.63) is 224 Å². The maximum atomic E-state index is 5.32. The number of hydrogen-bond donors (Lipinski definition) is 0. The van der Waals surface area contributed by atoms with Crippen LogP contribution in [-0.2, 0) is 0 Å². The summed E-state index contributed by atoms with van der Waals surface area (Å²) in [7, 11) is 0. The normalized spacial score (nSPS) is 11.4. The van der Waals surface area contributed by atoms with Crippen molar-refractivity contribution in [3.8, 4) is 79.3 Å². The van der Waals surface area contributed by atoms with Crippen LogP contribution >= 0.6 is 0 Å². The largest absolute Gasteiger partial charge is 0.272 e. The van der Waals surface area contributed by atoms with Crippen molar-refractivity contribution in [3.63, 3.8) is 0 Å². The van der Waals surface area contributed by atoms with E-state index >= 15 is 0 Å². The minimum absolute atomic E-state index is 0.576. The van der Waals surface area contributed by atoms with E-state index in [1.165, 1.54) is 0 Å². The number of aryl methyl sites for hydroxylation is 1. The Labute approximate surface area is 386 Å². The van der Waals surface area contributed by atoms with Crippen LogP contribution in [0.3, 0.4) is 0 Å². The van der Waals surface area contributed by atoms with Crippen LogP contribution in [0.25, 0.3) is 118 Å². The number of fused-ring (bicyclic) bond motifs is 10. The van der Waals surface area contributed by atoms with Gasteiger partial charge in [-0.2, -0.15) is 4.40 Å². The van der Waals surface area contributed by atoms with E-state index < -0.39 is 0 Å². The average molecular weight is 860 g/mol. The molecular formula is C59H39N8+. The van der Waals surface area contributed by atoms with Gasteiger partial charge < -0.3 is 0 Å². The highest BCUT2D eigenvalue weighted by Gasteiger charge is 2.22. The van der Waals surface area contributed by atoms with Crippen LogP contribution in [0.2, 0.25) is 0 Å². The topological polar surface area (TPSA) is 94.3 Å². The number of pyridine rings is 2. The summed E-state index contributed by atoms with van der Waals surface area (Å²) in [4.78, 5) is 35.7. The number of hydrogen-bond acceptors (Lipinski definition) is 7. The van der Waals surface area contributed by atoms with Crippen LogP contribution in [0.15, 0.2) is 219 Å². The van der Waals surface area contributed by atoms with Gasteiger partial charge in [-0.05, 0) is 106 Å². The van der Waals surface area contributed by atoms with E-state index in [4.69, 9.17) is 29.9 Å². The molecule has 7 aromatic carbocycles. The standard InChI is InChI=1S/C59H39N8/c1-38-33-47-37-53(61-38)67-58(41-21-9-4-10-22-41)65-55(40-19-7-3-8-20-40)66-59(67)46-26-16-24-44(35-46)51-36-43(30-31-48(47)51)42-23-15-25-45(34-42)56-62-54(39-17-5-2-6-18-39)63-57(64-56)50-28-12-11-27-49(50)52-29-13-14-32-60-52/h2-37H,1H3/q+1. The summed E-state index contributed by atoms with van der Waals surface area (Å²) in [5.41, 5.74) is 10.8. The molecular weight excluding hydrogens is 821 g/mol. The molecule has 4 bridgehead atoms. The van der Waals surface area contributed by atoms with Crippen LogP contribution in [0.1, 0.15) is 5.69 Å². The smallest absolute Gasteiger partial charge is 0.256 e. The maximum absolute atomic E-state index is 5.32. The third-order valence-electron chi connectivity index (χ3n) is 12.1. The van der Waals surface area contributed by atoms with E-state index in [1.54, 1.807) is 6.20 Å². The lowest BCUT2D eigenvalue weighted by Gasteiger charge is -2.12. The first kappa shape index (κ1) is 39.5. The van der Waals surface area contributed by atoms with E-state index in [0.717, 1.165) is 99.9 Å². The Morgan fingerprint density at radius 1 is 0.343 bits per heavy atom. The molecule has 0 atom stereocenters. The molecule has 67 heavy (non-hydrogen) atoms. The molecule has 8 nitrogen and oxygen atoms in total. The highest BCUT2D eigenvalue weighted by atomic mass is 15.1. The van der Waals surface area contributed by atoms with Crippen molar-refractivity contribution in [2.24, 2.45) is 0 Å². The summed E-state index contributed by atoms with van der Waals surface area (Å²) in [6, 6.07) is 72.7. The molecule has 5 aromatic heterocycles. The lowest BCUT2D eigenvalue weighted by atomic mass is 9.97. The first-order valence-electron chi connectivity index (χ1n) is 22.2. The molecule has 0 spiro atoms. The van der Waals surface area contributed by atoms with Gasteiger partial charge in [0, 0.05) is 51.0 Å². The van der Waals surface area contributed by atoms with Crippen molar-refractivity contribution in [1.29, 1.82) is 0 Å². The van der Waals surface area contributed by atoms with E-state index in [2.05, 4.69) is 119 Å². The average Bonchev–Trinajstić information content (AvgIpc) is 3.41. The van der Waals surface area contributed by atoms with Crippen LogP contribution in [0.5, 0.6) is 0 Å². The SMILES string of the molecule is Cc1cc2cc(n1)[n+]1c(-c3ccccc3)nc(-c3ccccc3)nc1c1cccc(c1)c1cc(-c3cccc(-c4nc(-c5ccccc5)nc(-c5ccccc5-c5ccccn5)n4)c3)ccc21. The van der Waals surface area contributed by atoms with E-state index in [1.807, 2.05) is 110 Å². The molecule has 0 aliphatic rings. The zero-order valence-corrected chi connectivity index (χ0v) is 36.4. The predicted molar refractivity (Wildman–Crippen MR) is 268 cm³/mol. The fourth-order valence-corrected chi connectivity index (χ4v) is 8.90. The summed E-state index contributed by atoms with van der Waals surface area (Å²) < 4.78 is 2.11. The number of benzene rings is 7. The molecule has 0 fully saturated rings. The molecule has 5 heterocycles. The first-order chi connectivity index (χ1) is 33.1. The molecule has 0 amide bonds. The molecule has 12 rings (SSSR count). The Bertz CT molecular complexity index is 3860.